The van der Waals surface area contributed by atoms with E-state index >= 15 is 0 Å². The number of halogens is 1. The van der Waals surface area contributed by atoms with Gasteiger partial charge < -0.3 is 11.1 Å². The fourth-order valence-electron chi connectivity index (χ4n) is 0.899. The highest BCUT2D eigenvalue weighted by Gasteiger charge is 2.04. The van der Waals surface area contributed by atoms with E-state index in [1.54, 1.807) is 13.0 Å². The lowest BCUT2D eigenvalue weighted by molar-refractivity contribution is 0.618. The molecule has 0 unspecified atom stereocenters. The molecule has 70 valence electrons. The predicted octanol–water partition coefficient (Wildman–Crippen LogP) is 2.08. The van der Waals surface area contributed by atoms with Crippen LogP contribution in [0.25, 0.3) is 0 Å². The molecule has 0 aliphatic carbocycles. The average Bonchev–Trinajstić information content (AvgIpc) is 1.99. The van der Waals surface area contributed by atoms with Crippen LogP contribution in [0.4, 0.5) is 10.1 Å². The maximum Gasteiger partial charge on any atom is 0.168 e. The molecule has 0 heterocycles. The zero-order valence-electron chi connectivity index (χ0n) is 6.97. The predicted molar refractivity (Wildman–Crippen MR) is 58.8 cm³/mol. The number of nitrogens with two attached hydrogens (primary N) is 1. The molecule has 0 aliphatic rings. The Morgan fingerprint density at radius 1 is 1.62 bits per heavy atom. The van der Waals surface area contributed by atoms with Gasteiger partial charge in [0.05, 0.1) is 5.69 Å². The van der Waals surface area contributed by atoms with Crippen LogP contribution in [0.1, 0.15) is 5.56 Å². The van der Waals surface area contributed by atoms with Gasteiger partial charge in [0.25, 0.3) is 0 Å². The van der Waals surface area contributed by atoms with Crippen LogP contribution in [0.3, 0.4) is 0 Å². The number of nitrogens with one attached hydrogen (secondary N) is 1. The summed E-state index contributed by atoms with van der Waals surface area (Å²) >= 11 is 8.77. The first kappa shape index (κ1) is 10.3. The third-order valence-corrected chi connectivity index (χ3v) is 2.01. The Labute approximate surface area is 86.7 Å². The second kappa shape index (κ2) is 3.93. The average molecular weight is 216 g/mol. The molecule has 0 aromatic heterocycles. The van der Waals surface area contributed by atoms with Gasteiger partial charge in [-0.1, -0.05) is 0 Å². The maximum atomic E-state index is 13.1. The smallest absolute Gasteiger partial charge is 0.168 e. The van der Waals surface area contributed by atoms with Gasteiger partial charge in [0.2, 0.25) is 0 Å². The summed E-state index contributed by atoms with van der Waals surface area (Å²) in [6.07, 6.45) is 0. The molecule has 2 nitrogen and oxygen atoms in total. The minimum atomic E-state index is -0.309. The van der Waals surface area contributed by atoms with Gasteiger partial charge in [-0.3, -0.25) is 0 Å². The second-order valence-electron chi connectivity index (χ2n) is 2.61. The summed E-state index contributed by atoms with van der Waals surface area (Å²) in [6.45, 7) is 1.67. The summed E-state index contributed by atoms with van der Waals surface area (Å²) in [4.78, 5) is 0.617. The first-order chi connectivity index (χ1) is 6.00. The number of benzene rings is 1. The number of hydrogen-bond acceptors (Lipinski definition) is 2. The van der Waals surface area contributed by atoms with Gasteiger partial charge in [-0.25, -0.2) is 4.39 Å². The van der Waals surface area contributed by atoms with Crippen LogP contribution in [0.5, 0.6) is 0 Å². The van der Waals surface area contributed by atoms with E-state index in [1.165, 1.54) is 6.07 Å². The number of anilines is 1. The lowest BCUT2D eigenvalue weighted by Gasteiger charge is -2.08. The molecule has 0 fully saturated rings. The van der Waals surface area contributed by atoms with Crippen LogP contribution in [-0.4, -0.2) is 5.11 Å². The Kier molecular flexibility index (Phi) is 3.11. The number of hydrogen-bond donors (Lipinski definition) is 3. The fraction of sp³-hybridized carbons (Fsp3) is 0.125. The molecule has 1 rings (SSSR count). The molecule has 0 radical (unpaired) electrons. The van der Waals surface area contributed by atoms with Crippen LogP contribution in [0, 0.1) is 12.7 Å². The van der Waals surface area contributed by atoms with Crippen molar-refractivity contribution in [1.29, 1.82) is 0 Å². The van der Waals surface area contributed by atoms with Crippen molar-refractivity contribution in [3.05, 3.63) is 23.5 Å². The topological polar surface area (TPSA) is 38.0 Å². The van der Waals surface area contributed by atoms with E-state index in [2.05, 4.69) is 30.2 Å². The fourth-order valence-corrected chi connectivity index (χ4v) is 1.32. The summed E-state index contributed by atoms with van der Waals surface area (Å²) < 4.78 is 13.1. The first-order valence-electron chi connectivity index (χ1n) is 3.56. The quantitative estimate of drug-likeness (QED) is 0.497. The first-order valence-corrected chi connectivity index (χ1v) is 4.42. The van der Waals surface area contributed by atoms with Gasteiger partial charge in [-0.2, -0.15) is 0 Å². The van der Waals surface area contributed by atoms with Crippen molar-refractivity contribution in [3.63, 3.8) is 0 Å². The highest BCUT2D eigenvalue weighted by molar-refractivity contribution is 7.81. The van der Waals surface area contributed by atoms with Crippen molar-refractivity contribution in [1.82, 2.24) is 0 Å². The molecule has 0 saturated carbocycles. The highest BCUT2D eigenvalue weighted by Crippen LogP contribution is 2.23. The zero-order chi connectivity index (χ0) is 10.0. The zero-order valence-corrected chi connectivity index (χ0v) is 8.68. The van der Waals surface area contributed by atoms with Gasteiger partial charge in [-0.05, 0) is 36.8 Å². The third kappa shape index (κ3) is 2.57. The molecule has 0 spiro atoms. The van der Waals surface area contributed by atoms with Gasteiger partial charge in [0.1, 0.15) is 5.82 Å². The monoisotopic (exact) mass is 216 g/mol. The SMILES string of the molecule is Cc1cc(S)c(NC(N)=S)cc1F. The van der Waals surface area contributed by atoms with Gasteiger partial charge in [-0.15, -0.1) is 12.6 Å². The number of rotatable bonds is 1. The number of thiol groups is 1. The molecule has 0 aliphatic heterocycles. The van der Waals surface area contributed by atoms with Crippen molar-refractivity contribution in [2.24, 2.45) is 5.73 Å². The van der Waals surface area contributed by atoms with E-state index in [9.17, 15) is 4.39 Å². The van der Waals surface area contributed by atoms with Crippen molar-refractivity contribution in [2.45, 2.75) is 11.8 Å². The lowest BCUT2D eigenvalue weighted by Crippen LogP contribution is -2.19. The largest absolute Gasteiger partial charge is 0.376 e. The van der Waals surface area contributed by atoms with Gasteiger partial charge >= 0.3 is 0 Å². The molecule has 0 atom stereocenters. The van der Waals surface area contributed by atoms with E-state index in [-0.39, 0.29) is 10.9 Å². The molecule has 0 amide bonds. The van der Waals surface area contributed by atoms with Gasteiger partial charge in [0, 0.05) is 4.90 Å². The molecule has 13 heavy (non-hydrogen) atoms. The van der Waals surface area contributed by atoms with Crippen LogP contribution in [0.15, 0.2) is 17.0 Å². The Morgan fingerprint density at radius 3 is 2.77 bits per heavy atom. The summed E-state index contributed by atoms with van der Waals surface area (Å²) in [7, 11) is 0. The Hall–Kier alpha value is -0.810. The van der Waals surface area contributed by atoms with E-state index in [1.807, 2.05) is 0 Å². The molecular formula is C8H9FN2S2. The Bertz CT molecular complexity index is 352. The summed E-state index contributed by atoms with van der Waals surface area (Å²) in [6, 6.07) is 2.93. The van der Waals surface area contributed by atoms with Crippen LogP contribution in [-0.2, 0) is 0 Å². The number of aryl methyl sites for hydroxylation is 1. The van der Waals surface area contributed by atoms with Crippen molar-refractivity contribution in [2.75, 3.05) is 5.32 Å². The van der Waals surface area contributed by atoms with E-state index in [0.29, 0.717) is 16.1 Å². The summed E-state index contributed by atoms with van der Waals surface area (Å²) in [5.74, 6) is -0.309. The third-order valence-electron chi connectivity index (χ3n) is 1.53. The highest BCUT2D eigenvalue weighted by atomic mass is 32.1. The summed E-state index contributed by atoms with van der Waals surface area (Å²) in [5.41, 5.74) is 6.27. The minimum absolute atomic E-state index is 0.0959. The Balaban J connectivity index is 3.08. The van der Waals surface area contributed by atoms with Crippen LogP contribution in [0.2, 0.25) is 0 Å². The van der Waals surface area contributed by atoms with E-state index in [4.69, 9.17) is 5.73 Å². The van der Waals surface area contributed by atoms with E-state index in [0.717, 1.165) is 0 Å². The van der Waals surface area contributed by atoms with Gasteiger partial charge in [0.15, 0.2) is 5.11 Å². The van der Waals surface area contributed by atoms with Crippen molar-refractivity contribution in [3.8, 4) is 0 Å². The molecule has 5 heteroatoms. The minimum Gasteiger partial charge on any atom is -0.376 e. The molecule has 3 N–H and O–H groups in total. The standard InChI is InChI=1S/C8H9FN2S2/c1-4-2-7(12)6(3-5(4)9)11-8(10)13/h2-3,12H,1H3,(H3,10,11,13). The molecule has 1 aromatic rings. The molecular weight excluding hydrogens is 207 g/mol. The molecule has 1 aromatic carbocycles. The van der Waals surface area contributed by atoms with Crippen molar-refractivity contribution < 1.29 is 4.39 Å². The molecule has 0 bridgehead atoms. The number of thiocarbonyl (C=S) groups is 1. The van der Waals surface area contributed by atoms with Crippen LogP contribution >= 0.6 is 24.8 Å². The normalized spacial score (nSPS) is 9.77. The maximum absolute atomic E-state index is 13.1. The summed E-state index contributed by atoms with van der Waals surface area (Å²) in [5, 5.41) is 2.73. The Morgan fingerprint density at radius 2 is 2.23 bits per heavy atom. The van der Waals surface area contributed by atoms with Crippen molar-refractivity contribution >= 4 is 35.6 Å². The lowest BCUT2D eigenvalue weighted by atomic mass is 10.2. The van der Waals surface area contributed by atoms with E-state index < -0.39 is 0 Å². The second-order valence-corrected chi connectivity index (χ2v) is 3.53. The van der Waals surface area contributed by atoms with Crippen LogP contribution < -0.4 is 11.1 Å². The molecule has 0 saturated heterocycles.